The van der Waals surface area contributed by atoms with E-state index in [1.165, 1.54) is 17.3 Å². The van der Waals surface area contributed by atoms with E-state index in [0.717, 1.165) is 30.5 Å². The van der Waals surface area contributed by atoms with Crippen molar-refractivity contribution in [1.29, 1.82) is 0 Å². The molecule has 1 aliphatic heterocycles. The number of anilines is 1. The van der Waals surface area contributed by atoms with Crippen LogP contribution in [-0.2, 0) is 6.42 Å². The molecule has 1 heterocycles. The fourth-order valence-electron chi connectivity index (χ4n) is 2.44. The van der Waals surface area contributed by atoms with Crippen molar-refractivity contribution in [2.45, 2.75) is 12.8 Å². The van der Waals surface area contributed by atoms with Gasteiger partial charge in [0.25, 0.3) is 0 Å². The maximum atomic E-state index is 13.3. The molecule has 2 aromatic carbocycles. The largest absolute Gasteiger partial charge is 0.385 e. The lowest BCUT2D eigenvalue weighted by Crippen LogP contribution is -2.12. The molecule has 1 N–H and O–H groups in total. The van der Waals surface area contributed by atoms with Gasteiger partial charge in [-0.1, -0.05) is 24.3 Å². The zero-order chi connectivity index (χ0) is 11.7. The summed E-state index contributed by atoms with van der Waals surface area (Å²) in [7, 11) is 0. The molecule has 0 unspecified atom stereocenters. The van der Waals surface area contributed by atoms with Crippen molar-refractivity contribution < 1.29 is 4.39 Å². The smallest absolute Gasteiger partial charge is 0.123 e. The maximum Gasteiger partial charge on any atom is 0.123 e. The Labute approximate surface area is 100 Å². The Morgan fingerprint density at radius 3 is 2.82 bits per heavy atom. The van der Waals surface area contributed by atoms with E-state index in [-0.39, 0.29) is 5.82 Å². The quantitative estimate of drug-likeness (QED) is 0.780. The first-order valence-corrected chi connectivity index (χ1v) is 5.96. The number of halogens is 1. The minimum atomic E-state index is -0.177. The van der Waals surface area contributed by atoms with Gasteiger partial charge in [-0.05, 0) is 47.7 Å². The first-order valence-electron chi connectivity index (χ1n) is 5.96. The Morgan fingerprint density at radius 1 is 1.06 bits per heavy atom. The number of hydrogen-bond acceptors (Lipinski definition) is 1. The average Bonchev–Trinajstić information content (AvgIpc) is 2.38. The van der Waals surface area contributed by atoms with Crippen LogP contribution in [0.25, 0.3) is 11.1 Å². The van der Waals surface area contributed by atoms with Crippen LogP contribution in [0.15, 0.2) is 42.5 Å². The summed E-state index contributed by atoms with van der Waals surface area (Å²) in [5, 5.41) is 3.39. The van der Waals surface area contributed by atoms with Gasteiger partial charge in [0, 0.05) is 12.2 Å². The van der Waals surface area contributed by atoms with E-state index in [1.54, 1.807) is 12.1 Å². The topological polar surface area (TPSA) is 12.0 Å². The molecule has 1 aliphatic rings. The minimum absolute atomic E-state index is 0.177. The van der Waals surface area contributed by atoms with E-state index in [2.05, 4.69) is 17.4 Å². The third-order valence-corrected chi connectivity index (χ3v) is 3.23. The van der Waals surface area contributed by atoms with Gasteiger partial charge < -0.3 is 5.32 Å². The first kappa shape index (κ1) is 10.3. The molecule has 1 nitrogen and oxygen atoms in total. The SMILES string of the molecule is Fc1cccc(-c2cccc3c2CCCN3)c1. The van der Waals surface area contributed by atoms with Gasteiger partial charge in [0.2, 0.25) is 0 Å². The Bertz CT molecular complexity index is 548. The van der Waals surface area contributed by atoms with E-state index in [1.807, 2.05) is 12.1 Å². The summed E-state index contributed by atoms with van der Waals surface area (Å²) in [6.07, 6.45) is 2.20. The molecule has 0 saturated carbocycles. The summed E-state index contributed by atoms with van der Waals surface area (Å²) < 4.78 is 13.3. The second kappa shape index (κ2) is 4.21. The molecule has 0 atom stereocenters. The lowest BCUT2D eigenvalue weighted by atomic mass is 9.93. The number of fused-ring (bicyclic) bond motifs is 1. The molecular formula is C15H14FN. The van der Waals surface area contributed by atoms with Crippen LogP contribution in [0.3, 0.4) is 0 Å². The van der Waals surface area contributed by atoms with Crippen molar-refractivity contribution in [2.75, 3.05) is 11.9 Å². The van der Waals surface area contributed by atoms with E-state index in [9.17, 15) is 4.39 Å². The third kappa shape index (κ3) is 1.91. The van der Waals surface area contributed by atoms with Crippen LogP contribution in [0.5, 0.6) is 0 Å². The molecule has 86 valence electrons. The van der Waals surface area contributed by atoms with Gasteiger partial charge in [0.15, 0.2) is 0 Å². The van der Waals surface area contributed by atoms with Crippen molar-refractivity contribution in [3.05, 3.63) is 53.8 Å². The van der Waals surface area contributed by atoms with Crippen molar-refractivity contribution in [3.8, 4) is 11.1 Å². The number of rotatable bonds is 1. The van der Waals surface area contributed by atoms with Gasteiger partial charge in [-0.15, -0.1) is 0 Å². The van der Waals surface area contributed by atoms with Crippen LogP contribution in [0, 0.1) is 5.82 Å². The van der Waals surface area contributed by atoms with Gasteiger partial charge in [-0.2, -0.15) is 0 Å². The van der Waals surface area contributed by atoms with E-state index in [0.29, 0.717) is 0 Å². The zero-order valence-electron chi connectivity index (χ0n) is 9.54. The van der Waals surface area contributed by atoms with Crippen LogP contribution in [-0.4, -0.2) is 6.54 Å². The lowest BCUT2D eigenvalue weighted by molar-refractivity contribution is 0.628. The molecule has 0 fully saturated rings. The molecule has 0 bridgehead atoms. The monoisotopic (exact) mass is 227 g/mol. The van der Waals surface area contributed by atoms with Gasteiger partial charge in [-0.25, -0.2) is 4.39 Å². The second-order valence-electron chi connectivity index (χ2n) is 4.37. The highest BCUT2D eigenvalue weighted by Gasteiger charge is 2.13. The van der Waals surface area contributed by atoms with Crippen LogP contribution in [0.4, 0.5) is 10.1 Å². The molecule has 3 rings (SSSR count). The molecule has 17 heavy (non-hydrogen) atoms. The van der Waals surface area contributed by atoms with Gasteiger partial charge in [-0.3, -0.25) is 0 Å². The normalized spacial score (nSPS) is 13.9. The van der Waals surface area contributed by atoms with Crippen molar-refractivity contribution >= 4 is 5.69 Å². The van der Waals surface area contributed by atoms with Crippen LogP contribution in [0.1, 0.15) is 12.0 Å². The van der Waals surface area contributed by atoms with E-state index >= 15 is 0 Å². The van der Waals surface area contributed by atoms with Crippen molar-refractivity contribution in [1.82, 2.24) is 0 Å². The van der Waals surface area contributed by atoms with Gasteiger partial charge in [0.1, 0.15) is 5.82 Å². The Morgan fingerprint density at radius 2 is 1.94 bits per heavy atom. The highest BCUT2D eigenvalue weighted by atomic mass is 19.1. The van der Waals surface area contributed by atoms with Gasteiger partial charge in [0.05, 0.1) is 0 Å². The van der Waals surface area contributed by atoms with E-state index < -0.39 is 0 Å². The third-order valence-electron chi connectivity index (χ3n) is 3.23. The predicted molar refractivity (Wildman–Crippen MR) is 68.6 cm³/mol. The molecule has 0 aliphatic carbocycles. The summed E-state index contributed by atoms with van der Waals surface area (Å²) >= 11 is 0. The summed E-state index contributed by atoms with van der Waals surface area (Å²) in [4.78, 5) is 0. The molecule has 0 amide bonds. The molecule has 0 saturated heterocycles. The van der Waals surface area contributed by atoms with Crippen molar-refractivity contribution in [2.24, 2.45) is 0 Å². The summed E-state index contributed by atoms with van der Waals surface area (Å²) in [6.45, 7) is 1.03. The van der Waals surface area contributed by atoms with Crippen LogP contribution < -0.4 is 5.32 Å². The highest BCUT2D eigenvalue weighted by molar-refractivity contribution is 5.74. The van der Waals surface area contributed by atoms with Crippen molar-refractivity contribution in [3.63, 3.8) is 0 Å². The second-order valence-corrected chi connectivity index (χ2v) is 4.37. The fraction of sp³-hybridized carbons (Fsp3) is 0.200. The molecular weight excluding hydrogens is 213 g/mol. The van der Waals surface area contributed by atoms with Crippen LogP contribution in [0.2, 0.25) is 0 Å². The van der Waals surface area contributed by atoms with Crippen LogP contribution >= 0.6 is 0 Å². The fourth-order valence-corrected chi connectivity index (χ4v) is 2.44. The predicted octanol–water partition coefficient (Wildman–Crippen LogP) is 3.85. The van der Waals surface area contributed by atoms with Gasteiger partial charge >= 0.3 is 0 Å². The first-order chi connectivity index (χ1) is 8.34. The number of benzene rings is 2. The summed E-state index contributed by atoms with van der Waals surface area (Å²) in [5.41, 5.74) is 4.61. The molecule has 2 aromatic rings. The summed E-state index contributed by atoms with van der Waals surface area (Å²) in [5.74, 6) is -0.177. The zero-order valence-corrected chi connectivity index (χ0v) is 9.54. The molecule has 0 spiro atoms. The Balaban J connectivity index is 2.14. The van der Waals surface area contributed by atoms with E-state index in [4.69, 9.17) is 0 Å². The lowest BCUT2D eigenvalue weighted by Gasteiger charge is -2.21. The average molecular weight is 227 g/mol. The maximum absolute atomic E-state index is 13.3. The molecule has 0 radical (unpaired) electrons. The molecule has 2 heteroatoms. The summed E-state index contributed by atoms with van der Waals surface area (Å²) in [6, 6.07) is 13.0. The highest BCUT2D eigenvalue weighted by Crippen LogP contribution is 2.32. The number of nitrogens with one attached hydrogen (secondary N) is 1. The number of hydrogen-bond donors (Lipinski definition) is 1. The standard InChI is InChI=1S/C15H14FN/c16-12-5-1-4-11(10-12)13-6-2-8-15-14(13)7-3-9-17-15/h1-2,4-6,8,10,17H,3,7,9H2. The Hall–Kier alpha value is -1.83. The Kier molecular flexibility index (Phi) is 2.56. The molecule has 0 aromatic heterocycles. The minimum Gasteiger partial charge on any atom is -0.385 e.